The van der Waals surface area contributed by atoms with Gasteiger partial charge in [0.05, 0.1) is 5.52 Å². The molecule has 0 atom stereocenters. The monoisotopic (exact) mass is 600 g/mol. The quantitative estimate of drug-likeness (QED) is 0.189. The number of fused-ring (bicyclic) bond motifs is 8. The van der Waals surface area contributed by atoms with Crippen LogP contribution in [0.4, 0.5) is 0 Å². The van der Waals surface area contributed by atoms with Crippen molar-refractivity contribution >= 4 is 65.2 Å². The molecule has 218 valence electrons. The Hall–Kier alpha value is -6.46. The smallest absolute Gasteiger partial charge is 0.164 e. The van der Waals surface area contributed by atoms with E-state index in [0.29, 0.717) is 17.5 Å². The van der Waals surface area contributed by atoms with E-state index in [1.54, 1.807) is 6.20 Å². The summed E-state index contributed by atoms with van der Waals surface area (Å²) < 4.78 is 6.40. The summed E-state index contributed by atoms with van der Waals surface area (Å²) in [6, 6.07) is 48.2. The molecule has 3 aromatic heterocycles. The van der Waals surface area contributed by atoms with Crippen molar-refractivity contribution in [2.75, 3.05) is 0 Å². The minimum atomic E-state index is 0.593. The molecule has 0 unspecified atom stereocenters. The molecule has 0 amide bonds. The molecule has 7 aromatic carbocycles. The summed E-state index contributed by atoms with van der Waals surface area (Å²) in [7, 11) is 0. The molecule has 5 nitrogen and oxygen atoms in total. The van der Waals surface area contributed by atoms with Gasteiger partial charge in [-0.1, -0.05) is 103 Å². The van der Waals surface area contributed by atoms with E-state index >= 15 is 0 Å². The Balaban J connectivity index is 1.29. The number of hydrogen-bond donors (Lipinski definition) is 0. The van der Waals surface area contributed by atoms with Crippen LogP contribution in [0.15, 0.2) is 150 Å². The van der Waals surface area contributed by atoms with Crippen LogP contribution in [0.3, 0.4) is 0 Å². The van der Waals surface area contributed by atoms with E-state index < -0.39 is 0 Å². The van der Waals surface area contributed by atoms with Gasteiger partial charge < -0.3 is 4.42 Å². The second kappa shape index (κ2) is 10.0. The van der Waals surface area contributed by atoms with Crippen molar-refractivity contribution in [3.8, 4) is 34.2 Å². The van der Waals surface area contributed by atoms with Crippen LogP contribution >= 0.6 is 0 Å². The van der Waals surface area contributed by atoms with Crippen molar-refractivity contribution in [1.29, 1.82) is 0 Å². The van der Waals surface area contributed by atoms with Crippen molar-refractivity contribution in [3.05, 3.63) is 146 Å². The zero-order valence-electron chi connectivity index (χ0n) is 25.1. The predicted molar refractivity (Wildman–Crippen MR) is 191 cm³/mol. The van der Waals surface area contributed by atoms with Crippen molar-refractivity contribution in [2.45, 2.75) is 0 Å². The number of furan rings is 1. The first kappa shape index (κ1) is 25.8. The SMILES string of the molecule is c1ccc2cc(-c3nc(-c4cc5ccccc5c5ccccc45)nc(-c4cccc5oc6cc7ncccc7cc6c45)n3)ccc2c1. The summed E-state index contributed by atoms with van der Waals surface area (Å²) in [5.41, 5.74) is 5.23. The number of aromatic nitrogens is 4. The highest BCUT2D eigenvalue weighted by atomic mass is 16.3. The van der Waals surface area contributed by atoms with Crippen LogP contribution in [0.25, 0.3) is 99.3 Å². The van der Waals surface area contributed by atoms with Crippen molar-refractivity contribution in [3.63, 3.8) is 0 Å². The van der Waals surface area contributed by atoms with E-state index in [-0.39, 0.29) is 0 Å². The van der Waals surface area contributed by atoms with Gasteiger partial charge in [0.2, 0.25) is 0 Å². The average Bonchev–Trinajstić information content (AvgIpc) is 3.50. The topological polar surface area (TPSA) is 64.7 Å². The minimum absolute atomic E-state index is 0.593. The Morgan fingerprint density at radius 1 is 0.404 bits per heavy atom. The molecule has 0 saturated heterocycles. The van der Waals surface area contributed by atoms with Gasteiger partial charge in [-0.2, -0.15) is 0 Å². The molecule has 0 aliphatic rings. The van der Waals surface area contributed by atoms with E-state index in [9.17, 15) is 0 Å². The normalized spacial score (nSPS) is 11.8. The van der Waals surface area contributed by atoms with Crippen LogP contribution in [-0.2, 0) is 0 Å². The lowest BCUT2D eigenvalue weighted by molar-refractivity contribution is 0.669. The number of pyridine rings is 1. The largest absolute Gasteiger partial charge is 0.456 e. The molecule has 0 saturated carbocycles. The van der Waals surface area contributed by atoms with E-state index in [2.05, 4.69) is 120 Å². The van der Waals surface area contributed by atoms with Crippen LogP contribution in [0, 0.1) is 0 Å². The number of rotatable bonds is 3. The fraction of sp³-hybridized carbons (Fsp3) is 0. The molecule has 0 N–H and O–H groups in total. The lowest BCUT2D eigenvalue weighted by atomic mass is 9.96. The zero-order valence-corrected chi connectivity index (χ0v) is 25.1. The summed E-state index contributed by atoms with van der Waals surface area (Å²) in [4.78, 5) is 20.1. The first-order valence-corrected chi connectivity index (χ1v) is 15.6. The second-order valence-corrected chi connectivity index (χ2v) is 11.9. The van der Waals surface area contributed by atoms with Crippen LogP contribution < -0.4 is 0 Å². The third-order valence-electron chi connectivity index (χ3n) is 9.11. The van der Waals surface area contributed by atoms with Gasteiger partial charge in [0, 0.05) is 45.1 Å². The highest BCUT2D eigenvalue weighted by molar-refractivity contribution is 6.15. The highest BCUT2D eigenvalue weighted by Crippen LogP contribution is 2.39. The summed E-state index contributed by atoms with van der Waals surface area (Å²) in [5, 5.41) is 9.92. The highest BCUT2D eigenvalue weighted by Gasteiger charge is 2.20. The number of hydrogen-bond acceptors (Lipinski definition) is 5. The first-order chi connectivity index (χ1) is 23.3. The van der Waals surface area contributed by atoms with Gasteiger partial charge in [-0.15, -0.1) is 0 Å². The standard InChI is InChI=1S/C42H24N4O/c1-2-10-26-21-29(19-18-25(26)9-1)40-44-41(33-16-7-17-37-39(33)35-23-28-12-8-20-43-36(28)24-38(35)47-37)46-42(45-40)34-22-27-11-3-4-13-30(27)31-14-5-6-15-32(31)34/h1-24H. The Kier molecular flexibility index (Phi) is 5.51. The Morgan fingerprint density at radius 3 is 2.02 bits per heavy atom. The van der Waals surface area contributed by atoms with Gasteiger partial charge in [-0.25, -0.2) is 15.0 Å². The Bertz CT molecular complexity index is 2870. The van der Waals surface area contributed by atoms with Crippen molar-refractivity contribution in [1.82, 2.24) is 19.9 Å². The Labute approximate surface area is 268 Å². The van der Waals surface area contributed by atoms with Crippen LogP contribution in [0.5, 0.6) is 0 Å². The van der Waals surface area contributed by atoms with Gasteiger partial charge in [0.25, 0.3) is 0 Å². The maximum absolute atomic E-state index is 6.40. The molecule has 47 heavy (non-hydrogen) atoms. The van der Waals surface area contributed by atoms with Crippen LogP contribution in [0.1, 0.15) is 0 Å². The van der Waals surface area contributed by atoms with E-state index in [0.717, 1.165) is 65.7 Å². The third kappa shape index (κ3) is 4.10. The van der Waals surface area contributed by atoms with Crippen LogP contribution in [0.2, 0.25) is 0 Å². The summed E-state index contributed by atoms with van der Waals surface area (Å²) in [6.45, 7) is 0. The fourth-order valence-electron chi connectivity index (χ4n) is 6.89. The lowest BCUT2D eigenvalue weighted by Gasteiger charge is -2.13. The maximum atomic E-state index is 6.40. The van der Waals surface area contributed by atoms with E-state index in [1.807, 2.05) is 24.3 Å². The summed E-state index contributed by atoms with van der Waals surface area (Å²) >= 11 is 0. The average molecular weight is 601 g/mol. The molecule has 0 bridgehead atoms. The third-order valence-corrected chi connectivity index (χ3v) is 9.11. The summed E-state index contributed by atoms with van der Waals surface area (Å²) in [5.74, 6) is 1.84. The first-order valence-electron chi connectivity index (χ1n) is 15.6. The molecule has 10 rings (SSSR count). The molecule has 0 aliphatic heterocycles. The molecular weight excluding hydrogens is 576 g/mol. The van der Waals surface area contributed by atoms with Gasteiger partial charge in [0.1, 0.15) is 11.2 Å². The predicted octanol–water partition coefficient (Wildman–Crippen LogP) is 10.8. The van der Waals surface area contributed by atoms with Gasteiger partial charge in [0.15, 0.2) is 17.5 Å². The number of benzene rings is 7. The maximum Gasteiger partial charge on any atom is 0.164 e. The molecule has 0 radical (unpaired) electrons. The Morgan fingerprint density at radius 2 is 1.13 bits per heavy atom. The zero-order chi connectivity index (χ0) is 30.9. The molecule has 0 fully saturated rings. The minimum Gasteiger partial charge on any atom is -0.456 e. The van der Waals surface area contributed by atoms with Crippen LogP contribution in [-0.4, -0.2) is 19.9 Å². The lowest BCUT2D eigenvalue weighted by Crippen LogP contribution is -2.01. The molecule has 0 spiro atoms. The molecule has 10 aromatic rings. The van der Waals surface area contributed by atoms with Crippen molar-refractivity contribution < 1.29 is 4.42 Å². The van der Waals surface area contributed by atoms with Crippen molar-refractivity contribution in [2.24, 2.45) is 0 Å². The molecule has 5 heteroatoms. The second-order valence-electron chi connectivity index (χ2n) is 11.9. The van der Waals surface area contributed by atoms with Gasteiger partial charge >= 0.3 is 0 Å². The van der Waals surface area contributed by atoms with Gasteiger partial charge in [-0.3, -0.25) is 4.98 Å². The number of nitrogens with zero attached hydrogens (tertiary/aromatic N) is 4. The summed E-state index contributed by atoms with van der Waals surface area (Å²) in [6.07, 6.45) is 1.80. The molecular formula is C42H24N4O. The van der Waals surface area contributed by atoms with Gasteiger partial charge in [-0.05, 0) is 62.6 Å². The molecule has 0 aliphatic carbocycles. The van der Waals surface area contributed by atoms with E-state index in [4.69, 9.17) is 19.4 Å². The molecule has 3 heterocycles. The van der Waals surface area contributed by atoms with E-state index in [1.165, 1.54) is 16.2 Å². The fourth-order valence-corrected chi connectivity index (χ4v) is 6.89.